The van der Waals surface area contributed by atoms with E-state index in [1.807, 2.05) is 24.1 Å². The van der Waals surface area contributed by atoms with Crippen LogP contribution in [0.2, 0.25) is 0 Å². The maximum Gasteiger partial charge on any atom is 0.292 e. The molecule has 0 radical (unpaired) electrons. The number of rotatable bonds is 5. The third-order valence-corrected chi connectivity index (χ3v) is 2.66. The van der Waals surface area contributed by atoms with E-state index in [0.29, 0.717) is 5.69 Å². The molecule has 0 atom stereocenters. The Morgan fingerprint density at radius 2 is 2.13 bits per heavy atom. The van der Waals surface area contributed by atoms with Gasteiger partial charge in [0, 0.05) is 12.6 Å². The second-order valence-electron chi connectivity index (χ2n) is 3.02. The lowest BCUT2D eigenvalue weighted by Gasteiger charge is -2.21. The van der Waals surface area contributed by atoms with E-state index in [1.54, 1.807) is 30.0 Å². The van der Waals surface area contributed by atoms with E-state index in [1.165, 1.54) is 0 Å². The first-order chi connectivity index (χ1) is 7.20. The van der Waals surface area contributed by atoms with Gasteiger partial charge in [-0.05, 0) is 19.2 Å². The SMILES string of the molecule is CCN(CSC)c1ccccc1[N+](=O)[O-]. The molecule has 0 bridgehead atoms. The smallest absolute Gasteiger partial charge is 0.292 e. The van der Waals surface area contributed by atoms with Crippen molar-refractivity contribution in [2.75, 3.05) is 23.6 Å². The van der Waals surface area contributed by atoms with E-state index >= 15 is 0 Å². The minimum Gasteiger partial charge on any atom is -0.357 e. The Kier molecular flexibility index (Phi) is 4.42. The molecular weight excluding hydrogens is 212 g/mol. The number of para-hydroxylation sites is 2. The third kappa shape index (κ3) is 2.86. The largest absolute Gasteiger partial charge is 0.357 e. The van der Waals surface area contributed by atoms with Crippen LogP contribution in [0.1, 0.15) is 6.92 Å². The monoisotopic (exact) mass is 226 g/mol. The average molecular weight is 226 g/mol. The predicted molar refractivity (Wildman–Crippen MR) is 64.5 cm³/mol. The number of nitro benzene ring substituents is 1. The maximum atomic E-state index is 10.8. The summed E-state index contributed by atoms with van der Waals surface area (Å²) in [4.78, 5) is 12.5. The number of nitrogens with zero attached hydrogens (tertiary/aromatic N) is 2. The van der Waals surface area contributed by atoms with E-state index in [4.69, 9.17) is 0 Å². The zero-order chi connectivity index (χ0) is 11.3. The molecule has 15 heavy (non-hydrogen) atoms. The van der Waals surface area contributed by atoms with Crippen LogP contribution in [0.15, 0.2) is 24.3 Å². The van der Waals surface area contributed by atoms with Gasteiger partial charge in [-0.25, -0.2) is 0 Å². The van der Waals surface area contributed by atoms with Crippen LogP contribution < -0.4 is 4.90 Å². The molecular formula is C10H14N2O2S. The Morgan fingerprint density at radius 1 is 1.47 bits per heavy atom. The first kappa shape index (κ1) is 11.8. The zero-order valence-electron chi connectivity index (χ0n) is 8.84. The van der Waals surface area contributed by atoms with Gasteiger partial charge >= 0.3 is 0 Å². The molecule has 0 aliphatic carbocycles. The van der Waals surface area contributed by atoms with E-state index in [2.05, 4.69) is 0 Å². The van der Waals surface area contributed by atoms with E-state index in [9.17, 15) is 10.1 Å². The Bertz CT molecular complexity index is 344. The molecule has 0 saturated heterocycles. The van der Waals surface area contributed by atoms with E-state index < -0.39 is 0 Å². The molecule has 0 spiro atoms. The summed E-state index contributed by atoms with van der Waals surface area (Å²) in [5, 5.41) is 10.8. The van der Waals surface area contributed by atoms with Gasteiger partial charge in [0.1, 0.15) is 5.69 Å². The van der Waals surface area contributed by atoms with Gasteiger partial charge in [0.2, 0.25) is 0 Å². The van der Waals surface area contributed by atoms with Crippen LogP contribution in [-0.2, 0) is 0 Å². The Morgan fingerprint density at radius 3 is 2.67 bits per heavy atom. The van der Waals surface area contributed by atoms with Gasteiger partial charge in [-0.1, -0.05) is 12.1 Å². The molecule has 0 aliphatic heterocycles. The number of anilines is 1. The third-order valence-electron chi connectivity index (χ3n) is 2.09. The molecule has 5 heteroatoms. The van der Waals surface area contributed by atoms with E-state index in [0.717, 1.165) is 12.4 Å². The molecule has 1 aromatic rings. The summed E-state index contributed by atoms with van der Waals surface area (Å²) in [6.07, 6.45) is 1.98. The highest BCUT2D eigenvalue weighted by molar-refractivity contribution is 7.98. The highest BCUT2D eigenvalue weighted by Gasteiger charge is 2.16. The van der Waals surface area contributed by atoms with Crippen LogP contribution in [0.3, 0.4) is 0 Å². The molecule has 4 nitrogen and oxygen atoms in total. The van der Waals surface area contributed by atoms with Crippen molar-refractivity contribution in [2.24, 2.45) is 0 Å². The maximum absolute atomic E-state index is 10.8. The second kappa shape index (κ2) is 5.60. The molecule has 1 aromatic carbocycles. The van der Waals surface area contributed by atoms with Crippen molar-refractivity contribution in [3.63, 3.8) is 0 Å². The van der Waals surface area contributed by atoms with E-state index in [-0.39, 0.29) is 10.6 Å². The quantitative estimate of drug-likeness (QED) is 0.440. The molecule has 82 valence electrons. The molecule has 0 aromatic heterocycles. The first-order valence-electron chi connectivity index (χ1n) is 4.68. The lowest BCUT2D eigenvalue weighted by atomic mass is 10.2. The van der Waals surface area contributed by atoms with Gasteiger partial charge in [0.05, 0.1) is 10.8 Å². The topological polar surface area (TPSA) is 46.4 Å². The molecule has 0 saturated carbocycles. The molecule has 0 aliphatic rings. The Balaban J connectivity index is 3.04. The van der Waals surface area contributed by atoms with Crippen molar-refractivity contribution in [3.05, 3.63) is 34.4 Å². The summed E-state index contributed by atoms with van der Waals surface area (Å²) in [5.41, 5.74) is 0.868. The molecule has 0 unspecified atom stereocenters. The number of hydrogen-bond donors (Lipinski definition) is 0. The van der Waals surface area contributed by atoms with Crippen LogP contribution in [0.4, 0.5) is 11.4 Å². The Hall–Kier alpha value is -1.23. The van der Waals surface area contributed by atoms with Crippen molar-refractivity contribution in [1.82, 2.24) is 0 Å². The molecule has 0 N–H and O–H groups in total. The van der Waals surface area contributed by atoms with Crippen LogP contribution in [0.25, 0.3) is 0 Å². The normalized spacial score (nSPS) is 10.0. The fourth-order valence-electron chi connectivity index (χ4n) is 1.37. The first-order valence-corrected chi connectivity index (χ1v) is 6.07. The predicted octanol–water partition coefficient (Wildman–Crippen LogP) is 2.74. The summed E-state index contributed by atoms with van der Waals surface area (Å²) in [5.74, 6) is 0.765. The van der Waals surface area contributed by atoms with Crippen molar-refractivity contribution in [3.8, 4) is 0 Å². The fourth-order valence-corrected chi connectivity index (χ4v) is 2.01. The van der Waals surface area contributed by atoms with Crippen molar-refractivity contribution in [1.29, 1.82) is 0 Å². The summed E-state index contributed by atoms with van der Waals surface area (Å²) in [6.45, 7) is 2.76. The van der Waals surface area contributed by atoms with Gasteiger partial charge < -0.3 is 4.90 Å². The van der Waals surface area contributed by atoms with Gasteiger partial charge in [0.25, 0.3) is 5.69 Å². The van der Waals surface area contributed by atoms with Crippen LogP contribution in [0, 0.1) is 10.1 Å². The van der Waals surface area contributed by atoms with Crippen molar-refractivity contribution in [2.45, 2.75) is 6.92 Å². The van der Waals surface area contributed by atoms with Gasteiger partial charge in [-0.15, -0.1) is 11.8 Å². The highest BCUT2D eigenvalue weighted by atomic mass is 32.2. The highest BCUT2D eigenvalue weighted by Crippen LogP contribution is 2.28. The minimum atomic E-state index is -0.335. The summed E-state index contributed by atoms with van der Waals surface area (Å²) < 4.78 is 0. The van der Waals surface area contributed by atoms with Gasteiger partial charge in [-0.2, -0.15) is 0 Å². The van der Waals surface area contributed by atoms with Gasteiger partial charge in [0.15, 0.2) is 0 Å². The van der Waals surface area contributed by atoms with Crippen LogP contribution in [-0.4, -0.2) is 23.6 Å². The molecule has 0 fully saturated rings. The van der Waals surface area contributed by atoms with Crippen molar-refractivity contribution >= 4 is 23.1 Å². The fraction of sp³-hybridized carbons (Fsp3) is 0.400. The molecule has 0 amide bonds. The summed E-state index contributed by atoms with van der Waals surface area (Å²) in [7, 11) is 0. The lowest BCUT2D eigenvalue weighted by molar-refractivity contribution is -0.384. The lowest BCUT2D eigenvalue weighted by Crippen LogP contribution is -2.22. The second-order valence-corrected chi connectivity index (χ2v) is 3.86. The standard InChI is InChI=1S/C10H14N2O2S/c1-3-11(8-15-2)9-6-4-5-7-10(9)12(13)14/h4-7H,3,8H2,1-2H3. The Labute approximate surface area is 93.4 Å². The summed E-state index contributed by atoms with van der Waals surface area (Å²) in [6, 6.07) is 6.84. The number of nitro groups is 1. The minimum absolute atomic E-state index is 0.174. The molecule has 1 rings (SSSR count). The van der Waals surface area contributed by atoms with Crippen LogP contribution in [0.5, 0.6) is 0 Å². The summed E-state index contributed by atoms with van der Waals surface area (Å²) >= 11 is 1.65. The number of thioether (sulfide) groups is 1. The molecule has 0 heterocycles. The zero-order valence-corrected chi connectivity index (χ0v) is 9.66. The van der Waals surface area contributed by atoms with Crippen LogP contribution >= 0.6 is 11.8 Å². The van der Waals surface area contributed by atoms with Gasteiger partial charge in [-0.3, -0.25) is 10.1 Å². The van der Waals surface area contributed by atoms with Crippen molar-refractivity contribution < 1.29 is 4.92 Å². The number of hydrogen-bond acceptors (Lipinski definition) is 4. The number of benzene rings is 1. The average Bonchev–Trinajstić information content (AvgIpc) is 2.26.